The monoisotopic (exact) mass is 286 g/mol. The zero-order valence-electron chi connectivity index (χ0n) is 12.5. The molecule has 2 aliphatic rings. The van der Waals surface area contributed by atoms with Crippen LogP contribution >= 0.6 is 0 Å². The van der Waals surface area contributed by atoms with Crippen LogP contribution in [0.5, 0.6) is 0 Å². The van der Waals surface area contributed by atoms with Gasteiger partial charge in [-0.3, -0.25) is 4.79 Å². The van der Waals surface area contributed by atoms with Crippen molar-refractivity contribution >= 4 is 11.5 Å². The van der Waals surface area contributed by atoms with E-state index in [1.54, 1.807) is 0 Å². The Morgan fingerprint density at radius 1 is 1.33 bits per heavy atom. The van der Waals surface area contributed by atoms with Gasteiger partial charge in [0.2, 0.25) is 5.91 Å². The van der Waals surface area contributed by atoms with Crippen molar-refractivity contribution in [1.82, 2.24) is 10.2 Å². The molecule has 4 nitrogen and oxygen atoms in total. The Kier molecular flexibility index (Phi) is 4.08. The van der Waals surface area contributed by atoms with Crippen molar-refractivity contribution in [3.8, 4) is 0 Å². The van der Waals surface area contributed by atoms with E-state index >= 15 is 0 Å². The number of rotatable bonds is 4. The highest BCUT2D eigenvalue weighted by Crippen LogP contribution is 2.22. The van der Waals surface area contributed by atoms with Crippen LogP contribution in [0, 0.1) is 0 Å². The fourth-order valence-corrected chi connectivity index (χ4v) is 2.72. The van der Waals surface area contributed by atoms with E-state index in [9.17, 15) is 4.79 Å². The molecule has 2 heterocycles. The maximum absolute atomic E-state index is 12.2. The summed E-state index contributed by atoms with van der Waals surface area (Å²) in [6.07, 6.45) is 3.07. The van der Waals surface area contributed by atoms with Crippen molar-refractivity contribution < 1.29 is 9.53 Å². The highest BCUT2D eigenvalue weighted by atomic mass is 16.5. The minimum atomic E-state index is -0.156. The second-order valence-corrected chi connectivity index (χ2v) is 6.03. The van der Waals surface area contributed by atoms with Crippen LogP contribution in [0.3, 0.4) is 0 Å². The average Bonchev–Trinajstić information content (AvgIpc) is 2.52. The van der Waals surface area contributed by atoms with Crippen molar-refractivity contribution in [2.75, 3.05) is 32.8 Å². The summed E-state index contributed by atoms with van der Waals surface area (Å²) in [5.74, 6) is 0.0893. The molecule has 21 heavy (non-hydrogen) atoms. The first-order valence-corrected chi connectivity index (χ1v) is 7.53. The lowest BCUT2D eigenvalue weighted by Gasteiger charge is -2.39. The molecular formula is C17H22N2O2. The molecule has 112 valence electrons. The summed E-state index contributed by atoms with van der Waals surface area (Å²) < 4.78 is 5.72. The van der Waals surface area contributed by atoms with Gasteiger partial charge in [-0.1, -0.05) is 36.4 Å². The number of ether oxygens (including phenoxy) is 1. The lowest BCUT2D eigenvalue weighted by atomic mass is 9.99. The normalized spacial score (nSPS) is 20.6. The first-order valence-electron chi connectivity index (χ1n) is 7.53. The molecule has 0 spiro atoms. The number of benzene rings is 1. The highest BCUT2D eigenvalue weighted by molar-refractivity contribution is 5.79. The van der Waals surface area contributed by atoms with Crippen LogP contribution in [0.15, 0.2) is 36.4 Å². The molecule has 0 saturated carbocycles. The summed E-state index contributed by atoms with van der Waals surface area (Å²) in [6, 6.07) is 10.4. The van der Waals surface area contributed by atoms with E-state index < -0.39 is 0 Å². The molecule has 1 aromatic carbocycles. The van der Waals surface area contributed by atoms with Crippen molar-refractivity contribution in [2.24, 2.45) is 0 Å². The SMILES string of the molecule is CC1(OCC(=O)N2CC=C(c3ccccc3)CC2)CNC1. The van der Waals surface area contributed by atoms with Gasteiger partial charge < -0.3 is 15.0 Å². The molecule has 1 saturated heterocycles. The van der Waals surface area contributed by atoms with E-state index in [1.807, 2.05) is 17.9 Å². The molecule has 2 aliphatic heterocycles. The van der Waals surface area contributed by atoms with Crippen molar-refractivity contribution in [2.45, 2.75) is 18.9 Å². The minimum absolute atomic E-state index is 0.0893. The van der Waals surface area contributed by atoms with Gasteiger partial charge in [0.25, 0.3) is 0 Å². The van der Waals surface area contributed by atoms with Gasteiger partial charge in [-0.05, 0) is 24.5 Å². The van der Waals surface area contributed by atoms with Gasteiger partial charge in [-0.25, -0.2) is 0 Å². The maximum atomic E-state index is 12.2. The topological polar surface area (TPSA) is 41.6 Å². The largest absolute Gasteiger partial charge is 0.363 e. The molecule has 0 bridgehead atoms. The Hall–Kier alpha value is -1.65. The fourth-order valence-electron chi connectivity index (χ4n) is 2.72. The van der Waals surface area contributed by atoms with Gasteiger partial charge >= 0.3 is 0 Å². The molecule has 0 atom stereocenters. The summed E-state index contributed by atoms with van der Waals surface area (Å²) in [7, 11) is 0. The number of hydrogen-bond donors (Lipinski definition) is 1. The van der Waals surface area contributed by atoms with Gasteiger partial charge in [0.1, 0.15) is 6.61 Å². The third-order valence-corrected chi connectivity index (χ3v) is 4.25. The van der Waals surface area contributed by atoms with E-state index in [-0.39, 0.29) is 18.1 Å². The summed E-state index contributed by atoms with van der Waals surface area (Å²) in [5.41, 5.74) is 2.43. The van der Waals surface area contributed by atoms with E-state index in [2.05, 4.69) is 35.7 Å². The van der Waals surface area contributed by atoms with Gasteiger partial charge in [0.15, 0.2) is 0 Å². The number of nitrogens with zero attached hydrogens (tertiary/aromatic N) is 1. The number of carbonyl (C=O) groups excluding carboxylic acids is 1. The summed E-state index contributed by atoms with van der Waals surface area (Å²) >= 11 is 0. The first-order chi connectivity index (χ1) is 10.2. The summed E-state index contributed by atoms with van der Waals surface area (Å²) in [4.78, 5) is 14.1. The Labute approximate surface area is 125 Å². The molecule has 1 N–H and O–H groups in total. The van der Waals surface area contributed by atoms with Crippen molar-refractivity contribution in [1.29, 1.82) is 0 Å². The Balaban J connectivity index is 1.52. The maximum Gasteiger partial charge on any atom is 0.248 e. The molecular weight excluding hydrogens is 264 g/mol. The van der Waals surface area contributed by atoms with Crippen LogP contribution in [-0.4, -0.2) is 49.2 Å². The standard InChI is InChI=1S/C17H22N2O2/c1-17(12-18-13-17)21-11-16(20)19-9-7-15(8-10-19)14-5-3-2-4-6-14/h2-7,18H,8-13H2,1H3. The summed E-state index contributed by atoms with van der Waals surface area (Å²) in [5, 5.41) is 3.17. The zero-order valence-corrected chi connectivity index (χ0v) is 12.5. The molecule has 1 amide bonds. The van der Waals surface area contributed by atoms with Gasteiger partial charge in [-0.15, -0.1) is 0 Å². The van der Waals surface area contributed by atoms with E-state index in [4.69, 9.17) is 4.74 Å². The molecule has 1 aromatic rings. The molecule has 0 radical (unpaired) electrons. The van der Waals surface area contributed by atoms with Gasteiger partial charge in [0.05, 0.1) is 5.60 Å². The molecule has 0 unspecified atom stereocenters. The fraction of sp³-hybridized carbons (Fsp3) is 0.471. The van der Waals surface area contributed by atoms with Crippen molar-refractivity contribution in [3.63, 3.8) is 0 Å². The van der Waals surface area contributed by atoms with Gasteiger partial charge in [-0.2, -0.15) is 0 Å². The molecule has 3 rings (SSSR count). The first kappa shape index (κ1) is 14.3. The average molecular weight is 286 g/mol. The molecule has 0 aliphatic carbocycles. The highest BCUT2D eigenvalue weighted by Gasteiger charge is 2.33. The predicted octanol–water partition coefficient (Wildman–Crippen LogP) is 1.68. The van der Waals surface area contributed by atoms with Crippen molar-refractivity contribution in [3.05, 3.63) is 42.0 Å². The Bertz CT molecular complexity index is 535. The predicted molar refractivity (Wildman–Crippen MR) is 82.8 cm³/mol. The zero-order chi connectivity index (χ0) is 14.7. The van der Waals surface area contributed by atoms with E-state index in [1.165, 1.54) is 11.1 Å². The lowest BCUT2D eigenvalue weighted by Crippen LogP contribution is -2.59. The Morgan fingerprint density at radius 2 is 2.10 bits per heavy atom. The smallest absolute Gasteiger partial charge is 0.248 e. The second kappa shape index (κ2) is 6.00. The van der Waals surface area contributed by atoms with Crippen LogP contribution in [0.1, 0.15) is 18.9 Å². The van der Waals surface area contributed by atoms with Crippen LogP contribution in [0.25, 0.3) is 5.57 Å². The molecule has 1 fully saturated rings. The number of amides is 1. The minimum Gasteiger partial charge on any atom is -0.363 e. The van der Waals surface area contributed by atoms with E-state index in [0.717, 1.165) is 26.1 Å². The molecule has 0 aromatic heterocycles. The van der Waals surface area contributed by atoms with Crippen LogP contribution in [-0.2, 0) is 9.53 Å². The lowest BCUT2D eigenvalue weighted by molar-refractivity contribution is -0.145. The molecule has 4 heteroatoms. The summed E-state index contributed by atoms with van der Waals surface area (Å²) in [6.45, 7) is 5.35. The number of hydrogen-bond acceptors (Lipinski definition) is 3. The quantitative estimate of drug-likeness (QED) is 0.915. The van der Waals surface area contributed by atoms with Crippen LogP contribution in [0.2, 0.25) is 0 Å². The second-order valence-electron chi connectivity index (χ2n) is 6.03. The van der Waals surface area contributed by atoms with Gasteiger partial charge in [0, 0.05) is 26.2 Å². The third kappa shape index (κ3) is 3.34. The number of nitrogens with one attached hydrogen (secondary N) is 1. The Morgan fingerprint density at radius 3 is 2.67 bits per heavy atom. The number of carbonyl (C=O) groups is 1. The van der Waals surface area contributed by atoms with E-state index in [0.29, 0.717) is 6.54 Å². The van der Waals surface area contributed by atoms with Crippen LogP contribution in [0.4, 0.5) is 0 Å². The van der Waals surface area contributed by atoms with Crippen LogP contribution < -0.4 is 5.32 Å². The third-order valence-electron chi connectivity index (χ3n) is 4.25.